The Labute approximate surface area is 182 Å². The van der Waals surface area contributed by atoms with Gasteiger partial charge < -0.3 is 14.7 Å². The Bertz CT molecular complexity index is 873. The van der Waals surface area contributed by atoms with E-state index in [0.717, 1.165) is 12.8 Å². The molecule has 29 heavy (non-hydrogen) atoms. The smallest absolute Gasteiger partial charge is 0.409 e. The van der Waals surface area contributed by atoms with Crippen molar-refractivity contribution in [3.05, 3.63) is 58.1 Å². The zero-order chi connectivity index (χ0) is 20.8. The molecule has 2 aromatic carbocycles. The normalized spacial score (nSPS) is 14.7. The van der Waals surface area contributed by atoms with Crippen molar-refractivity contribution in [2.45, 2.75) is 24.3 Å². The lowest BCUT2D eigenvalue weighted by Gasteiger charge is -2.26. The summed E-state index contributed by atoms with van der Waals surface area (Å²) >= 11 is 12.1. The highest BCUT2D eigenvalue weighted by atomic mass is 35.5. The van der Waals surface area contributed by atoms with E-state index in [1.165, 1.54) is 0 Å². The lowest BCUT2D eigenvalue weighted by Crippen LogP contribution is -2.34. The molecule has 0 aliphatic carbocycles. The molecule has 1 aliphatic heterocycles. The van der Waals surface area contributed by atoms with Crippen molar-refractivity contribution in [1.29, 1.82) is 0 Å². The summed E-state index contributed by atoms with van der Waals surface area (Å²) in [6.45, 7) is 1.37. The van der Waals surface area contributed by atoms with Crippen LogP contribution in [0.3, 0.4) is 0 Å². The number of aliphatic hydroxyl groups is 1. The first-order chi connectivity index (χ1) is 14.0. The van der Waals surface area contributed by atoms with Crippen molar-refractivity contribution in [1.82, 2.24) is 4.90 Å². The highest BCUT2D eigenvalue weighted by molar-refractivity contribution is 7.86. The van der Waals surface area contributed by atoms with Crippen LogP contribution in [-0.4, -0.2) is 46.5 Å². The molecule has 0 bridgehead atoms. The van der Waals surface area contributed by atoms with E-state index >= 15 is 0 Å². The molecule has 1 fully saturated rings. The summed E-state index contributed by atoms with van der Waals surface area (Å²) in [5.41, 5.74) is 1.09. The number of anilines is 1. The van der Waals surface area contributed by atoms with Gasteiger partial charge in [-0.25, -0.2) is 9.00 Å². The van der Waals surface area contributed by atoms with Crippen molar-refractivity contribution in [2.24, 2.45) is 0 Å². The maximum atomic E-state index is 13.3. The Balaban J connectivity index is 1.81. The number of likely N-dealkylation sites (tertiary alicyclic amines) is 1. The maximum Gasteiger partial charge on any atom is 0.409 e. The Hall–Kier alpha value is -1.80. The monoisotopic (exact) mass is 456 g/mol. The van der Waals surface area contributed by atoms with E-state index < -0.39 is 11.0 Å². The molecule has 1 atom stereocenters. The molecule has 156 valence electrons. The van der Waals surface area contributed by atoms with Crippen LogP contribution in [0.15, 0.2) is 47.4 Å². The van der Waals surface area contributed by atoms with Gasteiger partial charge in [-0.2, -0.15) is 0 Å². The van der Waals surface area contributed by atoms with Crippen LogP contribution in [0.4, 0.5) is 10.5 Å². The van der Waals surface area contributed by atoms with Gasteiger partial charge in [-0.05, 0) is 49.2 Å². The number of nitrogens with zero attached hydrogens (tertiary/aromatic N) is 2. The minimum atomic E-state index is -1.62. The minimum Gasteiger partial charge on any atom is -0.447 e. The molecule has 0 spiro atoms. The number of carbonyl (C=O) groups excluding carboxylic acids is 1. The molecule has 0 aromatic heterocycles. The molecule has 0 saturated carbocycles. The maximum absolute atomic E-state index is 13.3. The molecule has 3 rings (SSSR count). The highest BCUT2D eigenvalue weighted by Crippen LogP contribution is 2.28. The van der Waals surface area contributed by atoms with Crippen LogP contribution in [0.2, 0.25) is 10.0 Å². The van der Waals surface area contributed by atoms with E-state index in [1.807, 2.05) is 0 Å². The van der Waals surface area contributed by atoms with Gasteiger partial charge in [-0.15, -0.1) is 0 Å². The molecular formula is C20H22Cl2N2O4S. The van der Waals surface area contributed by atoms with Gasteiger partial charge >= 0.3 is 6.09 Å². The van der Waals surface area contributed by atoms with Crippen LogP contribution >= 0.6 is 23.2 Å². The molecule has 1 N–H and O–H groups in total. The lowest BCUT2D eigenvalue weighted by molar-refractivity contribution is 0.114. The first-order valence-corrected chi connectivity index (χ1v) is 11.1. The first-order valence-electron chi connectivity index (χ1n) is 9.25. The van der Waals surface area contributed by atoms with Gasteiger partial charge in [0, 0.05) is 28.7 Å². The Morgan fingerprint density at radius 2 is 1.76 bits per heavy atom. The van der Waals surface area contributed by atoms with Crippen LogP contribution in [0, 0.1) is 0 Å². The van der Waals surface area contributed by atoms with Gasteiger partial charge in [0.25, 0.3) is 0 Å². The SMILES string of the molecule is O=C(OCCN(c1cc(Cl)ccc1CO)S(=O)c1ccc(Cl)cc1)N1CCCC1. The second kappa shape index (κ2) is 10.3. The molecular weight excluding hydrogens is 435 g/mol. The molecule has 2 aromatic rings. The molecule has 0 radical (unpaired) electrons. The quantitative estimate of drug-likeness (QED) is 0.675. The number of benzene rings is 2. The van der Waals surface area contributed by atoms with Crippen LogP contribution in [0.5, 0.6) is 0 Å². The number of aliphatic hydroxyl groups excluding tert-OH is 1. The van der Waals surface area contributed by atoms with E-state index in [9.17, 15) is 14.1 Å². The van der Waals surface area contributed by atoms with E-state index in [4.69, 9.17) is 27.9 Å². The third kappa shape index (κ3) is 5.63. The average Bonchev–Trinajstić information content (AvgIpc) is 3.26. The number of hydrogen-bond donors (Lipinski definition) is 1. The summed E-state index contributed by atoms with van der Waals surface area (Å²) < 4.78 is 20.2. The fourth-order valence-corrected chi connectivity index (χ4v) is 4.59. The highest BCUT2D eigenvalue weighted by Gasteiger charge is 2.22. The third-order valence-corrected chi connectivity index (χ3v) is 6.53. The number of hydrogen-bond acceptors (Lipinski definition) is 4. The van der Waals surface area contributed by atoms with E-state index in [1.54, 1.807) is 51.7 Å². The summed E-state index contributed by atoms with van der Waals surface area (Å²) in [7, 11) is -1.62. The lowest BCUT2D eigenvalue weighted by atomic mass is 10.2. The molecule has 1 aliphatic rings. The van der Waals surface area contributed by atoms with E-state index in [2.05, 4.69) is 0 Å². The van der Waals surface area contributed by atoms with Gasteiger partial charge in [0.2, 0.25) is 0 Å². The average molecular weight is 457 g/mol. The second-order valence-electron chi connectivity index (χ2n) is 6.54. The summed E-state index contributed by atoms with van der Waals surface area (Å²) in [6.07, 6.45) is 1.59. The zero-order valence-corrected chi connectivity index (χ0v) is 18.1. The van der Waals surface area contributed by atoms with Crippen LogP contribution in [0.25, 0.3) is 0 Å². The summed E-state index contributed by atoms with van der Waals surface area (Å²) in [4.78, 5) is 14.3. The summed E-state index contributed by atoms with van der Waals surface area (Å²) in [5, 5.41) is 10.7. The first kappa shape index (κ1) is 21.9. The molecule has 1 amide bonds. The van der Waals surface area contributed by atoms with E-state index in [0.29, 0.717) is 39.3 Å². The second-order valence-corrected chi connectivity index (χ2v) is 8.83. The van der Waals surface area contributed by atoms with E-state index in [-0.39, 0.29) is 25.9 Å². The van der Waals surface area contributed by atoms with Crippen molar-refractivity contribution in [2.75, 3.05) is 30.5 Å². The van der Waals surface area contributed by atoms with Crippen molar-refractivity contribution < 1.29 is 18.8 Å². The van der Waals surface area contributed by atoms with Crippen LogP contribution in [0.1, 0.15) is 18.4 Å². The predicted octanol–water partition coefficient (Wildman–Crippen LogP) is 4.25. The van der Waals surface area contributed by atoms with Gasteiger partial charge in [0.15, 0.2) is 11.0 Å². The zero-order valence-electron chi connectivity index (χ0n) is 15.7. The third-order valence-electron chi connectivity index (χ3n) is 4.59. The van der Waals surface area contributed by atoms with Gasteiger partial charge in [0.05, 0.1) is 23.7 Å². The topological polar surface area (TPSA) is 70.1 Å². The summed E-state index contributed by atoms with van der Waals surface area (Å²) in [5.74, 6) is 0. The number of halogens is 2. The molecule has 6 nitrogen and oxygen atoms in total. The fraction of sp³-hybridized carbons (Fsp3) is 0.350. The van der Waals surface area contributed by atoms with Crippen molar-refractivity contribution >= 4 is 46.0 Å². The minimum absolute atomic E-state index is 0.0477. The number of rotatable bonds is 7. The largest absolute Gasteiger partial charge is 0.447 e. The summed E-state index contributed by atoms with van der Waals surface area (Å²) in [6, 6.07) is 11.6. The van der Waals surface area contributed by atoms with Gasteiger partial charge in [0.1, 0.15) is 6.61 Å². The molecule has 1 unspecified atom stereocenters. The molecule has 1 heterocycles. The van der Waals surface area contributed by atoms with Crippen LogP contribution < -0.4 is 4.31 Å². The Morgan fingerprint density at radius 3 is 2.41 bits per heavy atom. The Morgan fingerprint density at radius 1 is 1.10 bits per heavy atom. The van der Waals surface area contributed by atoms with Crippen molar-refractivity contribution in [3.63, 3.8) is 0 Å². The fourth-order valence-electron chi connectivity index (χ4n) is 3.08. The van der Waals surface area contributed by atoms with Crippen LogP contribution in [-0.2, 0) is 22.3 Å². The van der Waals surface area contributed by atoms with Gasteiger partial charge in [-0.3, -0.25) is 4.31 Å². The van der Waals surface area contributed by atoms with Gasteiger partial charge in [-0.1, -0.05) is 29.3 Å². The number of ether oxygens (including phenoxy) is 1. The molecule has 9 heteroatoms. The Kier molecular flexibility index (Phi) is 7.77. The standard InChI is InChI=1S/C20H22Cl2N2O4S/c21-16-5-7-18(8-6-16)29(27)24(19-13-17(22)4-3-15(19)14-25)11-12-28-20(26)23-9-1-2-10-23/h3-8,13,25H,1-2,9-12,14H2. The number of amides is 1. The van der Waals surface area contributed by atoms with Crippen molar-refractivity contribution in [3.8, 4) is 0 Å². The molecule has 1 saturated heterocycles. The predicted molar refractivity (Wildman–Crippen MR) is 115 cm³/mol. The number of carbonyl (C=O) groups is 1.